The minimum absolute atomic E-state index is 0.0146. The van der Waals surface area contributed by atoms with E-state index in [2.05, 4.69) is 15.5 Å². The highest BCUT2D eigenvalue weighted by molar-refractivity contribution is 7.80. The van der Waals surface area contributed by atoms with Crippen molar-refractivity contribution in [1.82, 2.24) is 15.5 Å². The van der Waals surface area contributed by atoms with Crippen LogP contribution in [-0.4, -0.2) is 40.7 Å². The second-order valence-corrected chi connectivity index (χ2v) is 4.89. The molecule has 2 rings (SSSR count). The second-order valence-electron chi connectivity index (χ2n) is 4.45. The van der Waals surface area contributed by atoms with Crippen LogP contribution in [0.2, 0.25) is 0 Å². The van der Waals surface area contributed by atoms with Gasteiger partial charge in [-0.1, -0.05) is 12.2 Å². The number of nitrogens with one attached hydrogen (secondary N) is 1. The number of anilines is 1. The molecule has 102 valence electrons. The zero-order chi connectivity index (χ0) is 13.8. The number of nitrogens with zero attached hydrogens (tertiary/aromatic N) is 3. The van der Waals surface area contributed by atoms with Gasteiger partial charge in [-0.25, -0.2) is 0 Å². The summed E-state index contributed by atoms with van der Waals surface area (Å²) < 4.78 is 0. The molecule has 19 heavy (non-hydrogen) atoms. The van der Waals surface area contributed by atoms with E-state index < -0.39 is 0 Å². The van der Waals surface area contributed by atoms with E-state index in [1.807, 2.05) is 4.90 Å². The first-order valence-electron chi connectivity index (χ1n) is 6.25. The maximum absolute atomic E-state index is 12.0. The summed E-state index contributed by atoms with van der Waals surface area (Å²) in [6, 6.07) is 1.50. The quantitative estimate of drug-likeness (QED) is 0.770. The Morgan fingerprint density at radius 1 is 1.58 bits per heavy atom. The van der Waals surface area contributed by atoms with E-state index in [4.69, 9.17) is 18.0 Å². The van der Waals surface area contributed by atoms with Crippen molar-refractivity contribution in [3.05, 3.63) is 17.8 Å². The minimum atomic E-state index is -0.233. The highest BCUT2D eigenvalue weighted by Crippen LogP contribution is 2.25. The Morgan fingerprint density at radius 2 is 2.37 bits per heavy atom. The maximum Gasteiger partial charge on any atom is 0.242 e. The number of aromatic nitrogens is 2. The Bertz CT molecular complexity index is 493. The third-order valence-corrected chi connectivity index (χ3v) is 3.51. The highest BCUT2D eigenvalue weighted by Gasteiger charge is 2.30. The summed E-state index contributed by atoms with van der Waals surface area (Å²) in [5.74, 6) is 0.586. The van der Waals surface area contributed by atoms with E-state index in [0.29, 0.717) is 11.4 Å². The number of carbonyl (C=O) groups excluding carboxylic acids is 1. The van der Waals surface area contributed by atoms with Gasteiger partial charge in [-0.15, -0.1) is 5.10 Å². The van der Waals surface area contributed by atoms with E-state index in [-0.39, 0.29) is 16.9 Å². The van der Waals surface area contributed by atoms with E-state index in [0.717, 1.165) is 25.8 Å². The lowest BCUT2D eigenvalue weighted by Gasteiger charge is -2.35. The molecular weight excluding hydrogens is 262 g/mol. The van der Waals surface area contributed by atoms with Crippen LogP contribution >= 0.6 is 12.2 Å². The van der Waals surface area contributed by atoms with Gasteiger partial charge in [-0.05, 0) is 25.3 Å². The van der Waals surface area contributed by atoms with Crippen LogP contribution in [0.4, 0.5) is 5.82 Å². The van der Waals surface area contributed by atoms with E-state index in [1.54, 1.807) is 19.3 Å². The maximum atomic E-state index is 12.0. The molecule has 6 nitrogen and oxygen atoms in total. The predicted octanol–water partition coefficient (Wildman–Crippen LogP) is 0.216. The number of piperidine rings is 1. The topological polar surface area (TPSA) is 84.1 Å². The number of nitrogens with two attached hydrogens (primary N) is 1. The van der Waals surface area contributed by atoms with Crippen molar-refractivity contribution >= 4 is 28.9 Å². The van der Waals surface area contributed by atoms with Crippen LogP contribution in [0.1, 0.15) is 24.8 Å². The van der Waals surface area contributed by atoms with Crippen molar-refractivity contribution in [2.45, 2.75) is 25.3 Å². The van der Waals surface area contributed by atoms with E-state index in [1.165, 1.54) is 0 Å². The first-order chi connectivity index (χ1) is 9.15. The molecule has 1 amide bonds. The molecule has 1 aliphatic heterocycles. The summed E-state index contributed by atoms with van der Waals surface area (Å²) in [6.45, 7) is 0.756. The molecular formula is C12H17N5OS. The zero-order valence-corrected chi connectivity index (χ0v) is 11.6. The fraction of sp³-hybridized carbons (Fsp3) is 0.500. The van der Waals surface area contributed by atoms with Crippen molar-refractivity contribution < 1.29 is 4.79 Å². The SMILES string of the molecule is CNC(=O)C1CCCCN1c1nnccc1C(N)=S. The van der Waals surface area contributed by atoms with Gasteiger partial charge < -0.3 is 16.0 Å². The van der Waals surface area contributed by atoms with Crippen LogP contribution in [-0.2, 0) is 4.79 Å². The fourth-order valence-corrected chi connectivity index (χ4v) is 2.51. The molecule has 0 bridgehead atoms. The third-order valence-electron chi connectivity index (χ3n) is 3.29. The smallest absolute Gasteiger partial charge is 0.242 e. The van der Waals surface area contributed by atoms with Crippen LogP contribution in [0.25, 0.3) is 0 Å². The van der Waals surface area contributed by atoms with Gasteiger partial charge in [0.2, 0.25) is 5.91 Å². The number of hydrogen-bond donors (Lipinski definition) is 2. The average Bonchev–Trinajstić information content (AvgIpc) is 2.46. The van der Waals surface area contributed by atoms with Gasteiger partial charge in [0.05, 0.1) is 11.8 Å². The summed E-state index contributed by atoms with van der Waals surface area (Å²) in [6.07, 6.45) is 4.39. The van der Waals surface area contributed by atoms with Gasteiger partial charge in [0.25, 0.3) is 0 Å². The molecule has 0 aromatic carbocycles. The van der Waals surface area contributed by atoms with E-state index >= 15 is 0 Å². The number of rotatable bonds is 3. The van der Waals surface area contributed by atoms with Gasteiger partial charge in [-0.2, -0.15) is 5.10 Å². The number of carbonyl (C=O) groups is 1. The van der Waals surface area contributed by atoms with Crippen LogP contribution in [0, 0.1) is 0 Å². The van der Waals surface area contributed by atoms with Gasteiger partial charge in [0, 0.05) is 13.6 Å². The molecule has 1 unspecified atom stereocenters. The molecule has 0 radical (unpaired) electrons. The molecule has 1 fully saturated rings. The number of amides is 1. The zero-order valence-electron chi connectivity index (χ0n) is 10.8. The molecule has 1 aliphatic rings. The number of hydrogen-bond acceptors (Lipinski definition) is 5. The van der Waals surface area contributed by atoms with Crippen molar-refractivity contribution in [3.63, 3.8) is 0 Å². The Hall–Kier alpha value is -1.76. The Labute approximate surface area is 117 Å². The lowest BCUT2D eigenvalue weighted by molar-refractivity contribution is -0.122. The molecule has 0 saturated carbocycles. The standard InChI is InChI=1S/C12H17N5OS/c1-14-12(18)9-4-2-3-7-17(9)11-8(10(13)19)5-6-15-16-11/h5-6,9H,2-4,7H2,1H3,(H2,13,19)(H,14,18). The van der Waals surface area contributed by atoms with Crippen LogP contribution in [0.3, 0.4) is 0 Å². The molecule has 1 aromatic heterocycles. The van der Waals surface area contributed by atoms with Crippen molar-refractivity contribution in [2.75, 3.05) is 18.5 Å². The van der Waals surface area contributed by atoms with Crippen molar-refractivity contribution in [3.8, 4) is 0 Å². The second kappa shape index (κ2) is 5.92. The lowest BCUT2D eigenvalue weighted by Crippen LogP contribution is -2.49. The molecule has 3 N–H and O–H groups in total. The summed E-state index contributed by atoms with van der Waals surface area (Å²) >= 11 is 5.03. The first-order valence-corrected chi connectivity index (χ1v) is 6.65. The van der Waals surface area contributed by atoms with Crippen molar-refractivity contribution in [2.24, 2.45) is 5.73 Å². The van der Waals surface area contributed by atoms with Crippen LogP contribution in [0.5, 0.6) is 0 Å². The average molecular weight is 279 g/mol. The Balaban J connectivity index is 2.37. The van der Waals surface area contributed by atoms with Crippen LogP contribution < -0.4 is 16.0 Å². The summed E-state index contributed by atoms with van der Waals surface area (Å²) in [5, 5.41) is 10.7. The predicted molar refractivity (Wildman–Crippen MR) is 77.0 cm³/mol. The van der Waals surface area contributed by atoms with Gasteiger partial charge in [0.15, 0.2) is 5.82 Å². The minimum Gasteiger partial charge on any atom is -0.389 e. The largest absolute Gasteiger partial charge is 0.389 e. The van der Waals surface area contributed by atoms with Gasteiger partial charge in [-0.3, -0.25) is 4.79 Å². The molecule has 0 aliphatic carbocycles. The molecule has 1 aromatic rings. The van der Waals surface area contributed by atoms with Gasteiger partial charge in [0.1, 0.15) is 11.0 Å². The highest BCUT2D eigenvalue weighted by atomic mass is 32.1. The molecule has 0 spiro atoms. The normalized spacial score (nSPS) is 19.0. The fourth-order valence-electron chi connectivity index (χ4n) is 2.35. The number of thiocarbonyl (C=S) groups is 1. The molecule has 1 saturated heterocycles. The molecule has 1 atom stereocenters. The first kappa shape index (κ1) is 13.7. The lowest BCUT2D eigenvalue weighted by atomic mass is 10.0. The summed E-state index contributed by atoms with van der Waals surface area (Å²) in [4.78, 5) is 14.2. The van der Waals surface area contributed by atoms with Crippen molar-refractivity contribution in [1.29, 1.82) is 0 Å². The molecule has 2 heterocycles. The Morgan fingerprint density at radius 3 is 3.05 bits per heavy atom. The number of likely N-dealkylation sites (N-methyl/N-ethyl adjacent to an activating group) is 1. The Kier molecular flexibility index (Phi) is 4.26. The summed E-state index contributed by atoms with van der Waals surface area (Å²) in [7, 11) is 1.64. The monoisotopic (exact) mass is 279 g/mol. The summed E-state index contributed by atoms with van der Waals surface area (Å²) in [5.41, 5.74) is 6.38. The van der Waals surface area contributed by atoms with Crippen LogP contribution in [0.15, 0.2) is 12.3 Å². The van der Waals surface area contributed by atoms with Gasteiger partial charge >= 0.3 is 0 Å². The third kappa shape index (κ3) is 2.81. The molecule has 7 heteroatoms. The van der Waals surface area contributed by atoms with E-state index in [9.17, 15) is 4.79 Å².